The van der Waals surface area contributed by atoms with Gasteiger partial charge >= 0.3 is 18.4 Å². The SMILES string of the molecule is NS(=O)(=O)c1c(OC(F)(F)F)cc([N+](=O)[O-])nc1C(F)(F)F. The Morgan fingerprint density at radius 1 is 1.23 bits per heavy atom. The van der Waals surface area contributed by atoms with E-state index in [2.05, 4.69) is 14.9 Å². The maximum absolute atomic E-state index is 12.7. The summed E-state index contributed by atoms with van der Waals surface area (Å²) in [6, 6.07) is -0.234. The van der Waals surface area contributed by atoms with Gasteiger partial charge in [-0.2, -0.15) is 13.2 Å². The molecule has 0 fully saturated rings. The zero-order chi connectivity index (χ0) is 17.5. The number of sulfonamides is 1. The number of rotatable bonds is 3. The summed E-state index contributed by atoms with van der Waals surface area (Å²) in [6.07, 6.45) is -11.3. The number of halogens is 6. The molecule has 0 atom stereocenters. The lowest BCUT2D eigenvalue weighted by molar-refractivity contribution is -0.390. The van der Waals surface area contributed by atoms with Crippen LogP contribution in [0.15, 0.2) is 11.0 Å². The number of alkyl halides is 6. The van der Waals surface area contributed by atoms with Crippen LogP contribution in [0.5, 0.6) is 5.75 Å². The molecule has 0 unspecified atom stereocenters. The number of pyridine rings is 1. The van der Waals surface area contributed by atoms with Crippen molar-refractivity contribution in [2.24, 2.45) is 5.14 Å². The smallest absolute Gasteiger partial charge is 0.404 e. The first-order chi connectivity index (χ1) is 9.63. The zero-order valence-electron chi connectivity index (χ0n) is 9.77. The highest BCUT2D eigenvalue weighted by Crippen LogP contribution is 2.40. The van der Waals surface area contributed by atoms with Gasteiger partial charge in [0.2, 0.25) is 10.0 Å². The molecular formula is C7H3F6N3O5S. The van der Waals surface area contributed by atoms with Crippen LogP contribution in [0.25, 0.3) is 0 Å². The molecule has 0 aliphatic heterocycles. The normalized spacial score (nSPS) is 13.0. The first kappa shape index (κ1) is 17.9. The molecule has 0 aliphatic carbocycles. The van der Waals surface area contributed by atoms with E-state index in [1.165, 1.54) is 0 Å². The number of nitrogens with two attached hydrogens (primary N) is 1. The number of nitro groups is 1. The molecule has 0 radical (unpaired) electrons. The van der Waals surface area contributed by atoms with Crippen LogP contribution in [0.2, 0.25) is 0 Å². The Bertz CT molecular complexity index is 713. The molecular weight excluding hydrogens is 352 g/mol. The maximum Gasteiger partial charge on any atom is 0.573 e. The van der Waals surface area contributed by atoms with Crippen LogP contribution in [-0.2, 0) is 16.2 Å². The minimum atomic E-state index is -5.64. The van der Waals surface area contributed by atoms with Crippen molar-refractivity contribution < 1.29 is 44.4 Å². The number of hydrogen-bond donors (Lipinski definition) is 1. The van der Waals surface area contributed by atoms with Crippen LogP contribution in [0.4, 0.5) is 32.2 Å². The molecule has 0 amide bonds. The summed E-state index contributed by atoms with van der Waals surface area (Å²) in [6.45, 7) is 0. The monoisotopic (exact) mass is 355 g/mol. The first-order valence-electron chi connectivity index (χ1n) is 4.68. The van der Waals surface area contributed by atoms with E-state index in [1.54, 1.807) is 0 Å². The van der Waals surface area contributed by atoms with E-state index in [9.17, 15) is 44.9 Å². The highest BCUT2D eigenvalue weighted by Gasteiger charge is 2.48. The lowest BCUT2D eigenvalue weighted by atomic mass is 10.3. The van der Waals surface area contributed by atoms with Crippen LogP contribution in [-0.4, -0.2) is 24.7 Å². The maximum atomic E-state index is 12.7. The fourth-order valence-electron chi connectivity index (χ4n) is 1.26. The van der Waals surface area contributed by atoms with E-state index in [0.717, 1.165) is 0 Å². The van der Waals surface area contributed by atoms with Gasteiger partial charge < -0.3 is 14.9 Å². The number of hydrogen-bond acceptors (Lipinski definition) is 6. The molecule has 1 aromatic rings. The number of aromatic nitrogens is 1. The third kappa shape index (κ3) is 4.17. The van der Waals surface area contributed by atoms with E-state index in [-0.39, 0.29) is 6.07 Å². The number of ether oxygens (including phenoxy) is 1. The van der Waals surface area contributed by atoms with Gasteiger partial charge in [-0.25, -0.2) is 13.6 Å². The van der Waals surface area contributed by atoms with Crippen molar-refractivity contribution in [2.75, 3.05) is 0 Å². The topological polar surface area (TPSA) is 125 Å². The van der Waals surface area contributed by atoms with Gasteiger partial charge in [0.05, 0.1) is 6.07 Å². The summed E-state index contributed by atoms with van der Waals surface area (Å²) < 4.78 is 99.8. The van der Waals surface area contributed by atoms with E-state index in [0.29, 0.717) is 0 Å². The van der Waals surface area contributed by atoms with Gasteiger partial charge in [-0.1, -0.05) is 0 Å². The molecule has 1 aromatic heterocycles. The fraction of sp³-hybridized carbons (Fsp3) is 0.286. The quantitative estimate of drug-likeness (QED) is 0.498. The van der Waals surface area contributed by atoms with E-state index in [4.69, 9.17) is 0 Å². The largest absolute Gasteiger partial charge is 0.573 e. The Morgan fingerprint density at radius 2 is 1.73 bits per heavy atom. The molecule has 1 rings (SSSR count). The third-order valence-corrected chi connectivity index (χ3v) is 2.85. The molecule has 22 heavy (non-hydrogen) atoms. The Labute approximate surface area is 116 Å². The van der Waals surface area contributed by atoms with Crippen molar-refractivity contribution in [3.8, 4) is 5.75 Å². The van der Waals surface area contributed by atoms with Gasteiger partial charge in [-0.3, -0.25) is 0 Å². The fourth-order valence-corrected chi connectivity index (χ4v) is 2.07. The Morgan fingerprint density at radius 3 is 2.05 bits per heavy atom. The third-order valence-electron chi connectivity index (χ3n) is 1.89. The first-order valence-corrected chi connectivity index (χ1v) is 6.22. The van der Waals surface area contributed by atoms with Gasteiger partial charge in [-0.05, 0) is 9.91 Å². The van der Waals surface area contributed by atoms with Crippen LogP contribution in [0.1, 0.15) is 5.69 Å². The van der Waals surface area contributed by atoms with Crippen molar-refractivity contribution in [2.45, 2.75) is 17.4 Å². The van der Waals surface area contributed by atoms with E-state index < -0.39 is 49.6 Å². The molecule has 124 valence electrons. The summed E-state index contributed by atoms with van der Waals surface area (Å²) in [5, 5.41) is 14.8. The summed E-state index contributed by atoms with van der Waals surface area (Å²) in [7, 11) is -5.39. The lowest BCUT2D eigenvalue weighted by Crippen LogP contribution is -2.25. The molecule has 8 nitrogen and oxygen atoms in total. The highest BCUT2D eigenvalue weighted by molar-refractivity contribution is 7.89. The molecule has 0 saturated heterocycles. The Hall–Kier alpha value is -2.16. The Balaban J connectivity index is 3.86. The molecule has 0 bridgehead atoms. The Kier molecular flexibility index (Phi) is 4.26. The average Bonchev–Trinajstić information content (AvgIpc) is 2.22. The van der Waals surface area contributed by atoms with Gasteiger partial charge in [0.25, 0.3) is 5.69 Å². The van der Waals surface area contributed by atoms with Gasteiger partial charge in [0.15, 0.2) is 10.6 Å². The predicted octanol–water partition coefficient (Wildman–Crippen LogP) is 1.55. The van der Waals surface area contributed by atoms with Crippen LogP contribution in [0, 0.1) is 10.1 Å². The van der Waals surface area contributed by atoms with Crippen molar-refractivity contribution in [3.63, 3.8) is 0 Å². The van der Waals surface area contributed by atoms with Gasteiger partial charge in [-0.15, -0.1) is 13.2 Å². The summed E-state index contributed by atoms with van der Waals surface area (Å²) in [5.41, 5.74) is -2.50. The molecule has 2 N–H and O–H groups in total. The standard InChI is InChI=1S/C7H3F6N3O5S/c8-6(9,10)5-4(22(14,19)20)2(21-7(11,12)13)1-3(15-5)16(17)18/h1H,(H2,14,19,20). The zero-order valence-corrected chi connectivity index (χ0v) is 10.6. The number of nitrogens with zero attached hydrogens (tertiary/aromatic N) is 2. The average molecular weight is 355 g/mol. The molecule has 15 heteroatoms. The van der Waals surface area contributed by atoms with Crippen molar-refractivity contribution in [1.82, 2.24) is 4.98 Å². The van der Waals surface area contributed by atoms with Crippen LogP contribution >= 0.6 is 0 Å². The van der Waals surface area contributed by atoms with E-state index in [1.807, 2.05) is 0 Å². The second-order valence-electron chi connectivity index (χ2n) is 3.50. The minimum Gasteiger partial charge on any atom is -0.404 e. The van der Waals surface area contributed by atoms with Crippen LogP contribution in [0.3, 0.4) is 0 Å². The van der Waals surface area contributed by atoms with Crippen molar-refractivity contribution in [3.05, 3.63) is 21.9 Å². The summed E-state index contributed by atoms with van der Waals surface area (Å²) in [5.74, 6) is -3.72. The van der Waals surface area contributed by atoms with Crippen molar-refractivity contribution >= 4 is 15.8 Å². The predicted molar refractivity (Wildman–Crippen MR) is 53.9 cm³/mol. The lowest BCUT2D eigenvalue weighted by Gasteiger charge is -2.14. The second kappa shape index (κ2) is 5.24. The van der Waals surface area contributed by atoms with Crippen LogP contribution < -0.4 is 9.88 Å². The molecule has 0 aromatic carbocycles. The molecule has 0 spiro atoms. The molecule has 1 heterocycles. The summed E-state index contributed by atoms with van der Waals surface area (Å²) >= 11 is 0. The highest BCUT2D eigenvalue weighted by atomic mass is 32.2. The van der Waals surface area contributed by atoms with Crippen molar-refractivity contribution in [1.29, 1.82) is 0 Å². The van der Waals surface area contributed by atoms with Gasteiger partial charge in [0.1, 0.15) is 0 Å². The second-order valence-corrected chi connectivity index (χ2v) is 5.00. The molecule has 0 saturated carbocycles. The molecule has 0 aliphatic rings. The van der Waals surface area contributed by atoms with E-state index >= 15 is 0 Å². The minimum absolute atomic E-state index is 0.234. The van der Waals surface area contributed by atoms with Gasteiger partial charge in [0, 0.05) is 0 Å². The number of primary sulfonamides is 1. The summed E-state index contributed by atoms with van der Waals surface area (Å²) in [4.78, 5) is 9.06.